The average Bonchev–Trinajstić information content (AvgIpc) is 2.72. The van der Waals surface area contributed by atoms with Gasteiger partial charge in [-0.25, -0.2) is 0 Å². The van der Waals surface area contributed by atoms with Crippen molar-refractivity contribution < 1.29 is 0 Å². The quantitative estimate of drug-likeness (QED) is 0.363. The Hall–Kier alpha value is -2.86. The van der Waals surface area contributed by atoms with E-state index in [9.17, 15) is 0 Å². The van der Waals surface area contributed by atoms with Crippen LogP contribution in [0.15, 0.2) is 103 Å². The normalized spacial score (nSPS) is 12.2. The summed E-state index contributed by atoms with van der Waals surface area (Å²) in [4.78, 5) is 0. The fourth-order valence-electron chi connectivity index (χ4n) is 3.86. The van der Waals surface area contributed by atoms with Gasteiger partial charge in [-0.15, -0.1) is 0 Å². The Kier molecular flexibility index (Phi) is 5.12. The second kappa shape index (κ2) is 8.01. The summed E-state index contributed by atoms with van der Waals surface area (Å²) in [7, 11) is 0. The molecule has 26 heavy (non-hydrogen) atoms. The maximum atomic E-state index is 2.32. The molecule has 0 heterocycles. The Labute approximate surface area is 156 Å². The smallest absolute Gasteiger partial charge is 0.0112 e. The molecule has 0 N–H and O–H groups in total. The molecule has 0 spiro atoms. The van der Waals surface area contributed by atoms with Crippen molar-refractivity contribution in [3.8, 4) is 0 Å². The first-order valence-corrected chi connectivity index (χ1v) is 9.46. The molecule has 0 aliphatic carbocycles. The monoisotopic (exact) mass is 336 g/mol. The average molecular weight is 336 g/mol. The standard InChI is InChI=1S/C26H24/c1-3-10-21(11-4-1)18-19-24(20-22-12-5-2-6-13-22)26-17-9-15-23-14-7-8-16-25(23)26/h1-17,24H,18-20H2. The van der Waals surface area contributed by atoms with Crippen LogP contribution in [0.3, 0.4) is 0 Å². The van der Waals surface area contributed by atoms with Crippen LogP contribution in [0.25, 0.3) is 10.8 Å². The van der Waals surface area contributed by atoms with Gasteiger partial charge in [0.05, 0.1) is 0 Å². The molecule has 0 amide bonds. The molecular weight excluding hydrogens is 312 g/mol. The molecule has 0 aliphatic heterocycles. The molecule has 1 unspecified atom stereocenters. The van der Waals surface area contributed by atoms with Crippen molar-refractivity contribution in [1.82, 2.24) is 0 Å². The number of benzene rings is 4. The minimum Gasteiger partial charge on any atom is -0.0622 e. The Bertz CT molecular complexity index is 949. The second-order valence-corrected chi connectivity index (χ2v) is 6.98. The minimum atomic E-state index is 0.517. The molecule has 0 radical (unpaired) electrons. The van der Waals surface area contributed by atoms with Crippen LogP contribution in [0, 0.1) is 0 Å². The third-order valence-electron chi connectivity index (χ3n) is 5.21. The molecule has 0 heteroatoms. The topological polar surface area (TPSA) is 0 Å². The van der Waals surface area contributed by atoms with Crippen LogP contribution >= 0.6 is 0 Å². The third kappa shape index (κ3) is 3.86. The van der Waals surface area contributed by atoms with Crippen molar-refractivity contribution in [2.24, 2.45) is 0 Å². The van der Waals surface area contributed by atoms with Gasteiger partial charge in [0.25, 0.3) is 0 Å². The second-order valence-electron chi connectivity index (χ2n) is 6.98. The number of hydrogen-bond donors (Lipinski definition) is 0. The van der Waals surface area contributed by atoms with Gasteiger partial charge in [-0.3, -0.25) is 0 Å². The summed E-state index contributed by atoms with van der Waals surface area (Å²) in [6, 6.07) is 37.3. The van der Waals surface area contributed by atoms with Crippen molar-refractivity contribution >= 4 is 10.8 Å². The predicted octanol–water partition coefficient (Wildman–Crippen LogP) is 6.80. The van der Waals surface area contributed by atoms with Crippen LogP contribution < -0.4 is 0 Å². The Balaban J connectivity index is 1.67. The SMILES string of the molecule is c1ccc(CCC(Cc2ccccc2)c2cccc3ccccc23)cc1. The summed E-state index contributed by atoms with van der Waals surface area (Å²) in [6.07, 6.45) is 3.36. The highest BCUT2D eigenvalue weighted by Gasteiger charge is 2.15. The highest BCUT2D eigenvalue weighted by atomic mass is 14.2. The molecule has 4 rings (SSSR count). The third-order valence-corrected chi connectivity index (χ3v) is 5.21. The molecule has 0 saturated carbocycles. The summed E-state index contributed by atoms with van der Waals surface area (Å²) in [6.45, 7) is 0. The molecule has 4 aromatic rings. The van der Waals surface area contributed by atoms with Gasteiger partial charge in [0, 0.05) is 0 Å². The Morgan fingerprint density at radius 3 is 1.92 bits per heavy atom. The van der Waals surface area contributed by atoms with Crippen LogP contribution in [0.4, 0.5) is 0 Å². The number of rotatable bonds is 6. The molecule has 0 nitrogen and oxygen atoms in total. The molecule has 0 fully saturated rings. The summed E-state index contributed by atoms with van der Waals surface area (Å²) >= 11 is 0. The number of hydrogen-bond acceptors (Lipinski definition) is 0. The molecule has 0 aliphatic rings. The lowest BCUT2D eigenvalue weighted by Crippen LogP contribution is -2.06. The van der Waals surface area contributed by atoms with Crippen LogP contribution in [0.2, 0.25) is 0 Å². The van der Waals surface area contributed by atoms with Gasteiger partial charge in [-0.2, -0.15) is 0 Å². The Morgan fingerprint density at radius 2 is 1.15 bits per heavy atom. The van der Waals surface area contributed by atoms with Gasteiger partial charge in [0.2, 0.25) is 0 Å². The number of fused-ring (bicyclic) bond motifs is 1. The highest BCUT2D eigenvalue weighted by molar-refractivity contribution is 5.86. The summed E-state index contributed by atoms with van der Waals surface area (Å²) in [5.74, 6) is 0.517. The van der Waals surface area contributed by atoms with Crippen LogP contribution in [0.1, 0.15) is 29.0 Å². The van der Waals surface area contributed by atoms with Gasteiger partial charge < -0.3 is 0 Å². The van der Waals surface area contributed by atoms with Gasteiger partial charge in [-0.05, 0) is 52.6 Å². The van der Waals surface area contributed by atoms with E-state index in [-0.39, 0.29) is 0 Å². The van der Waals surface area contributed by atoms with E-state index in [0.29, 0.717) is 5.92 Å². The summed E-state index contributed by atoms with van der Waals surface area (Å²) in [5, 5.41) is 2.73. The Morgan fingerprint density at radius 1 is 0.538 bits per heavy atom. The highest BCUT2D eigenvalue weighted by Crippen LogP contribution is 2.31. The minimum absolute atomic E-state index is 0.517. The van der Waals surface area contributed by atoms with E-state index < -0.39 is 0 Å². The maximum Gasteiger partial charge on any atom is -0.0112 e. The number of aryl methyl sites for hydroxylation is 1. The van der Waals surface area contributed by atoms with E-state index in [1.54, 1.807) is 0 Å². The van der Waals surface area contributed by atoms with Crippen molar-refractivity contribution in [1.29, 1.82) is 0 Å². The van der Waals surface area contributed by atoms with Gasteiger partial charge >= 0.3 is 0 Å². The predicted molar refractivity (Wildman–Crippen MR) is 112 cm³/mol. The largest absolute Gasteiger partial charge is 0.0622 e. The van der Waals surface area contributed by atoms with Crippen molar-refractivity contribution in [2.45, 2.75) is 25.2 Å². The fraction of sp³-hybridized carbons (Fsp3) is 0.154. The van der Waals surface area contributed by atoms with Gasteiger partial charge in [-0.1, -0.05) is 103 Å². The van der Waals surface area contributed by atoms with E-state index in [0.717, 1.165) is 19.3 Å². The fourth-order valence-corrected chi connectivity index (χ4v) is 3.86. The first-order valence-electron chi connectivity index (χ1n) is 9.46. The van der Waals surface area contributed by atoms with Crippen LogP contribution in [0.5, 0.6) is 0 Å². The van der Waals surface area contributed by atoms with E-state index in [2.05, 4.69) is 103 Å². The molecule has 0 bridgehead atoms. The first kappa shape index (κ1) is 16.6. The first-order chi connectivity index (χ1) is 12.9. The molecule has 0 aromatic heterocycles. The molecule has 128 valence electrons. The van der Waals surface area contributed by atoms with Crippen LogP contribution in [-0.4, -0.2) is 0 Å². The lowest BCUT2D eigenvalue weighted by atomic mass is 9.84. The molecule has 1 atom stereocenters. The van der Waals surface area contributed by atoms with Crippen molar-refractivity contribution in [2.75, 3.05) is 0 Å². The maximum absolute atomic E-state index is 2.32. The summed E-state index contributed by atoms with van der Waals surface area (Å²) in [5.41, 5.74) is 4.31. The van der Waals surface area contributed by atoms with E-state index in [1.165, 1.54) is 27.5 Å². The zero-order chi connectivity index (χ0) is 17.6. The molecule has 4 aromatic carbocycles. The van der Waals surface area contributed by atoms with E-state index in [4.69, 9.17) is 0 Å². The lowest BCUT2D eigenvalue weighted by Gasteiger charge is -2.20. The zero-order valence-corrected chi connectivity index (χ0v) is 15.0. The molecule has 0 saturated heterocycles. The van der Waals surface area contributed by atoms with Crippen LogP contribution in [-0.2, 0) is 12.8 Å². The zero-order valence-electron chi connectivity index (χ0n) is 15.0. The van der Waals surface area contributed by atoms with E-state index >= 15 is 0 Å². The lowest BCUT2D eigenvalue weighted by molar-refractivity contribution is 0.625. The van der Waals surface area contributed by atoms with E-state index in [1.807, 2.05) is 0 Å². The van der Waals surface area contributed by atoms with Gasteiger partial charge in [0.1, 0.15) is 0 Å². The summed E-state index contributed by atoms with van der Waals surface area (Å²) < 4.78 is 0. The van der Waals surface area contributed by atoms with Crippen molar-refractivity contribution in [3.05, 3.63) is 120 Å². The van der Waals surface area contributed by atoms with Gasteiger partial charge in [0.15, 0.2) is 0 Å². The molecular formula is C26H24. The van der Waals surface area contributed by atoms with Crippen molar-refractivity contribution in [3.63, 3.8) is 0 Å².